The molecule has 0 fully saturated rings. The van der Waals surface area contributed by atoms with Crippen LogP contribution in [0.2, 0.25) is 5.02 Å². The lowest BCUT2D eigenvalue weighted by atomic mass is 10.1. The van der Waals surface area contributed by atoms with Crippen LogP contribution in [0.5, 0.6) is 0 Å². The number of hydrogen-bond acceptors (Lipinski definition) is 1. The topological polar surface area (TPSA) is 29.1 Å². The molecule has 19 heavy (non-hydrogen) atoms. The van der Waals surface area contributed by atoms with Gasteiger partial charge in [-0.15, -0.1) is 0 Å². The highest BCUT2D eigenvalue weighted by molar-refractivity contribution is 9.10. The fourth-order valence-corrected chi connectivity index (χ4v) is 2.13. The van der Waals surface area contributed by atoms with E-state index in [0.29, 0.717) is 16.3 Å². The maximum absolute atomic E-state index is 12.2. The quantitative estimate of drug-likeness (QED) is 0.823. The second-order valence-corrected chi connectivity index (χ2v) is 5.66. The van der Waals surface area contributed by atoms with Gasteiger partial charge in [-0.25, -0.2) is 0 Å². The highest BCUT2D eigenvalue weighted by Gasteiger charge is 2.09. The van der Waals surface area contributed by atoms with Crippen LogP contribution in [0.4, 0.5) is 5.69 Å². The number of carbonyl (C=O) groups excluding carboxylic acids is 1. The monoisotopic (exact) mass is 337 g/mol. The van der Waals surface area contributed by atoms with Gasteiger partial charge in [-0.1, -0.05) is 33.6 Å². The number of halogens is 2. The van der Waals surface area contributed by atoms with Gasteiger partial charge in [0.2, 0.25) is 0 Å². The van der Waals surface area contributed by atoms with Gasteiger partial charge in [0.25, 0.3) is 5.91 Å². The molecule has 0 unspecified atom stereocenters. The predicted molar refractivity (Wildman–Crippen MR) is 83.0 cm³/mol. The van der Waals surface area contributed by atoms with Gasteiger partial charge in [0.15, 0.2) is 0 Å². The molecule has 1 N–H and O–H groups in total. The Kier molecular flexibility index (Phi) is 4.27. The molecule has 2 aromatic rings. The van der Waals surface area contributed by atoms with Gasteiger partial charge in [-0.05, 0) is 55.3 Å². The highest BCUT2D eigenvalue weighted by Crippen LogP contribution is 2.24. The van der Waals surface area contributed by atoms with Crippen LogP contribution in [0.1, 0.15) is 21.5 Å². The molecule has 1 amide bonds. The van der Waals surface area contributed by atoms with Crippen molar-refractivity contribution >= 4 is 39.1 Å². The summed E-state index contributed by atoms with van der Waals surface area (Å²) in [5.74, 6) is -0.164. The van der Waals surface area contributed by atoms with E-state index in [4.69, 9.17) is 11.6 Å². The minimum Gasteiger partial charge on any atom is -0.321 e. The Labute approximate surface area is 125 Å². The van der Waals surface area contributed by atoms with Gasteiger partial charge in [0.05, 0.1) is 10.7 Å². The van der Waals surface area contributed by atoms with E-state index in [-0.39, 0.29) is 5.91 Å². The molecule has 0 saturated heterocycles. The first kappa shape index (κ1) is 14.1. The number of aryl methyl sites for hydroxylation is 2. The van der Waals surface area contributed by atoms with Gasteiger partial charge in [-0.3, -0.25) is 4.79 Å². The smallest absolute Gasteiger partial charge is 0.255 e. The summed E-state index contributed by atoms with van der Waals surface area (Å²) >= 11 is 9.48. The molecule has 0 spiro atoms. The van der Waals surface area contributed by atoms with Gasteiger partial charge in [-0.2, -0.15) is 0 Å². The number of hydrogen-bond donors (Lipinski definition) is 1. The van der Waals surface area contributed by atoms with Crippen LogP contribution in [-0.4, -0.2) is 5.91 Å². The van der Waals surface area contributed by atoms with Gasteiger partial charge < -0.3 is 5.32 Å². The standard InChI is InChI=1S/C15H13BrClNO/c1-9-3-6-13(17)14(7-9)18-15(19)11-4-5-12(16)10(2)8-11/h3-8H,1-2H3,(H,18,19). The largest absolute Gasteiger partial charge is 0.321 e. The Balaban J connectivity index is 2.25. The van der Waals surface area contributed by atoms with E-state index in [1.807, 2.05) is 38.1 Å². The molecule has 0 bridgehead atoms. The van der Waals surface area contributed by atoms with Crippen LogP contribution in [0.3, 0.4) is 0 Å². The van der Waals surface area contributed by atoms with Gasteiger partial charge in [0.1, 0.15) is 0 Å². The molecule has 2 rings (SSSR count). The summed E-state index contributed by atoms with van der Waals surface area (Å²) in [5, 5.41) is 3.36. The Hall–Kier alpha value is -1.32. The third-order valence-electron chi connectivity index (χ3n) is 2.79. The maximum atomic E-state index is 12.2. The summed E-state index contributed by atoms with van der Waals surface area (Å²) in [5.41, 5.74) is 3.31. The van der Waals surface area contributed by atoms with Crippen LogP contribution in [0, 0.1) is 13.8 Å². The third-order valence-corrected chi connectivity index (χ3v) is 4.01. The SMILES string of the molecule is Cc1ccc(Cl)c(NC(=O)c2ccc(Br)c(C)c2)c1. The van der Waals surface area contributed by atoms with Crippen molar-refractivity contribution in [2.45, 2.75) is 13.8 Å². The van der Waals surface area contributed by atoms with E-state index in [1.54, 1.807) is 12.1 Å². The molecule has 0 aromatic heterocycles. The maximum Gasteiger partial charge on any atom is 0.255 e. The highest BCUT2D eigenvalue weighted by atomic mass is 79.9. The molecular formula is C15H13BrClNO. The van der Waals surface area contributed by atoms with E-state index in [0.717, 1.165) is 15.6 Å². The molecule has 0 saturated carbocycles. The van der Waals surface area contributed by atoms with Crippen LogP contribution < -0.4 is 5.32 Å². The summed E-state index contributed by atoms with van der Waals surface area (Å²) < 4.78 is 0.984. The lowest BCUT2D eigenvalue weighted by molar-refractivity contribution is 0.102. The van der Waals surface area contributed by atoms with E-state index in [2.05, 4.69) is 21.2 Å². The van der Waals surface area contributed by atoms with Crippen LogP contribution in [-0.2, 0) is 0 Å². The molecule has 2 nitrogen and oxygen atoms in total. The van der Waals surface area contributed by atoms with Crippen molar-refractivity contribution in [3.8, 4) is 0 Å². The first-order valence-electron chi connectivity index (χ1n) is 5.81. The lowest BCUT2D eigenvalue weighted by Gasteiger charge is -2.09. The van der Waals surface area contributed by atoms with Crippen molar-refractivity contribution in [2.24, 2.45) is 0 Å². The van der Waals surface area contributed by atoms with Crippen LogP contribution >= 0.6 is 27.5 Å². The summed E-state index contributed by atoms with van der Waals surface area (Å²) in [6.45, 7) is 3.90. The lowest BCUT2D eigenvalue weighted by Crippen LogP contribution is -2.12. The normalized spacial score (nSPS) is 10.3. The molecule has 0 radical (unpaired) electrons. The van der Waals surface area contributed by atoms with Crippen LogP contribution in [0.15, 0.2) is 40.9 Å². The van der Waals surface area contributed by atoms with E-state index < -0.39 is 0 Å². The van der Waals surface area contributed by atoms with Crippen molar-refractivity contribution in [3.05, 3.63) is 62.6 Å². The second kappa shape index (κ2) is 5.76. The Morgan fingerprint density at radius 1 is 1.16 bits per heavy atom. The fourth-order valence-electron chi connectivity index (χ4n) is 1.72. The Bertz CT molecular complexity index is 640. The summed E-state index contributed by atoms with van der Waals surface area (Å²) in [4.78, 5) is 12.2. The predicted octanol–water partition coefficient (Wildman–Crippen LogP) is 4.97. The average Bonchev–Trinajstić information content (AvgIpc) is 2.37. The van der Waals surface area contributed by atoms with E-state index >= 15 is 0 Å². The summed E-state index contributed by atoms with van der Waals surface area (Å²) in [6.07, 6.45) is 0. The minimum absolute atomic E-state index is 0.164. The van der Waals surface area contributed by atoms with Crippen molar-refractivity contribution in [1.29, 1.82) is 0 Å². The van der Waals surface area contributed by atoms with E-state index in [1.165, 1.54) is 0 Å². The summed E-state index contributed by atoms with van der Waals surface area (Å²) in [6, 6.07) is 11.0. The van der Waals surface area contributed by atoms with Crippen LogP contribution in [0.25, 0.3) is 0 Å². The molecule has 0 aliphatic heterocycles. The number of amides is 1. The van der Waals surface area contributed by atoms with Gasteiger partial charge >= 0.3 is 0 Å². The number of anilines is 1. The Morgan fingerprint density at radius 2 is 1.89 bits per heavy atom. The third kappa shape index (κ3) is 3.37. The molecule has 0 aliphatic carbocycles. The number of carbonyl (C=O) groups is 1. The first-order chi connectivity index (χ1) is 8.97. The van der Waals surface area contributed by atoms with Crippen molar-refractivity contribution in [2.75, 3.05) is 5.32 Å². The number of rotatable bonds is 2. The zero-order chi connectivity index (χ0) is 14.0. The molecule has 0 heterocycles. The fraction of sp³-hybridized carbons (Fsp3) is 0.133. The zero-order valence-electron chi connectivity index (χ0n) is 10.6. The molecule has 0 aliphatic rings. The molecule has 4 heteroatoms. The Morgan fingerprint density at radius 3 is 2.58 bits per heavy atom. The molecule has 2 aromatic carbocycles. The molecule has 98 valence electrons. The van der Waals surface area contributed by atoms with Crippen molar-refractivity contribution < 1.29 is 4.79 Å². The number of nitrogens with one attached hydrogen (secondary N) is 1. The summed E-state index contributed by atoms with van der Waals surface area (Å²) in [7, 11) is 0. The molecular weight excluding hydrogens is 326 g/mol. The number of benzene rings is 2. The van der Waals surface area contributed by atoms with Gasteiger partial charge in [0, 0.05) is 10.0 Å². The first-order valence-corrected chi connectivity index (χ1v) is 6.98. The average molecular weight is 339 g/mol. The van der Waals surface area contributed by atoms with E-state index in [9.17, 15) is 4.79 Å². The second-order valence-electron chi connectivity index (χ2n) is 4.40. The zero-order valence-corrected chi connectivity index (χ0v) is 13.0. The van der Waals surface area contributed by atoms with Crippen molar-refractivity contribution in [1.82, 2.24) is 0 Å². The minimum atomic E-state index is -0.164. The molecule has 0 atom stereocenters. The van der Waals surface area contributed by atoms with Crippen molar-refractivity contribution in [3.63, 3.8) is 0 Å².